The summed E-state index contributed by atoms with van der Waals surface area (Å²) in [6.07, 6.45) is 3.88. The number of para-hydroxylation sites is 1. The third kappa shape index (κ3) is 4.02. The van der Waals surface area contributed by atoms with Gasteiger partial charge in [0.25, 0.3) is 0 Å². The van der Waals surface area contributed by atoms with Gasteiger partial charge in [-0.15, -0.1) is 0 Å². The zero-order valence-corrected chi connectivity index (χ0v) is 18.3. The molecule has 4 aromatic rings. The molecule has 162 valence electrons. The Balaban J connectivity index is 1.63. The highest BCUT2D eigenvalue weighted by Crippen LogP contribution is 2.29. The molecule has 5 rings (SSSR count). The van der Waals surface area contributed by atoms with Gasteiger partial charge in [-0.05, 0) is 35.7 Å². The first-order valence-corrected chi connectivity index (χ1v) is 12.0. The van der Waals surface area contributed by atoms with Crippen LogP contribution in [0.2, 0.25) is 0 Å². The quantitative estimate of drug-likeness (QED) is 0.475. The van der Waals surface area contributed by atoms with E-state index in [4.69, 9.17) is 4.74 Å². The summed E-state index contributed by atoms with van der Waals surface area (Å²) in [5.41, 5.74) is 3.15. The van der Waals surface area contributed by atoms with Gasteiger partial charge in [-0.25, -0.2) is 8.42 Å². The van der Waals surface area contributed by atoms with E-state index >= 15 is 0 Å². The molecule has 0 N–H and O–H groups in total. The first kappa shape index (κ1) is 20.8. The van der Waals surface area contributed by atoms with Gasteiger partial charge in [-0.2, -0.15) is 4.31 Å². The van der Waals surface area contributed by atoms with Gasteiger partial charge < -0.3 is 4.74 Å². The minimum Gasteiger partial charge on any atom is -0.373 e. The fraction of sp³-hybridized carbons (Fsp3) is 0.200. The molecule has 0 aliphatic carbocycles. The van der Waals surface area contributed by atoms with Crippen LogP contribution in [0.5, 0.6) is 0 Å². The number of ether oxygens (including phenoxy) is 1. The molecular formula is C25H23N3O3S. The molecule has 0 bridgehead atoms. The van der Waals surface area contributed by atoms with Crippen molar-refractivity contribution in [1.29, 1.82) is 0 Å². The van der Waals surface area contributed by atoms with Crippen molar-refractivity contribution in [3.05, 3.63) is 102 Å². The lowest BCUT2D eigenvalue weighted by Crippen LogP contribution is -2.45. The van der Waals surface area contributed by atoms with Crippen LogP contribution in [0.1, 0.15) is 16.8 Å². The fourth-order valence-corrected chi connectivity index (χ4v) is 5.91. The van der Waals surface area contributed by atoms with Crippen molar-refractivity contribution in [2.24, 2.45) is 0 Å². The predicted octanol–water partition coefficient (Wildman–Crippen LogP) is 3.96. The second kappa shape index (κ2) is 8.78. The van der Waals surface area contributed by atoms with E-state index in [1.165, 1.54) is 0 Å². The van der Waals surface area contributed by atoms with Crippen LogP contribution in [0.15, 0.2) is 90.1 Å². The van der Waals surface area contributed by atoms with Crippen molar-refractivity contribution in [2.45, 2.75) is 30.5 Å². The number of pyridine rings is 2. The lowest BCUT2D eigenvalue weighted by molar-refractivity contribution is 0.0652. The summed E-state index contributed by atoms with van der Waals surface area (Å²) in [5.74, 6) is 0. The molecular weight excluding hydrogens is 422 g/mol. The van der Waals surface area contributed by atoms with E-state index in [1.807, 2.05) is 60.7 Å². The molecule has 0 radical (unpaired) electrons. The van der Waals surface area contributed by atoms with Crippen molar-refractivity contribution >= 4 is 20.9 Å². The molecule has 1 atom stereocenters. The van der Waals surface area contributed by atoms with Gasteiger partial charge in [0, 0.05) is 24.3 Å². The van der Waals surface area contributed by atoms with E-state index in [0.29, 0.717) is 18.5 Å². The van der Waals surface area contributed by atoms with Crippen LogP contribution in [-0.2, 0) is 34.3 Å². The van der Waals surface area contributed by atoms with Gasteiger partial charge in [-0.3, -0.25) is 9.97 Å². The van der Waals surface area contributed by atoms with Gasteiger partial charge in [0.1, 0.15) is 4.90 Å². The van der Waals surface area contributed by atoms with Crippen LogP contribution in [-0.4, -0.2) is 35.3 Å². The Morgan fingerprint density at radius 1 is 0.906 bits per heavy atom. The van der Waals surface area contributed by atoms with Gasteiger partial charge >= 0.3 is 0 Å². The van der Waals surface area contributed by atoms with Gasteiger partial charge in [0.15, 0.2) is 0 Å². The maximum atomic E-state index is 14.1. The van der Waals surface area contributed by atoms with Crippen LogP contribution >= 0.6 is 0 Å². The first-order chi connectivity index (χ1) is 15.6. The second-order valence-corrected chi connectivity index (χ2v) is 9.71. The topological polar surface area (TPSA) is 72.4 Å². The summed E-state index contributed by atoms with van der Waals surface area (Å²) in [6.45, 7) is 0.878. The molecule has 0 spiro atoms. The Bertz CT molecular complexity index is 1340. The minimum atomic E-state index is -3.88. The number of nitrogens with zero attached hydrogens (tertiary/aromatic N) is 3. The second-order valence-electron chi connectivity index (χ2n) is 7.85. The van der Waals surface area contributed by atoms with E-state index in [9.17, 15) is 8.42 Å². The highest BCUT2D eigenvalue weighted by Gasteiger charge is 2.35. The monoisotopic (exact) mass is 445 g/mol. The molecule has 2 aromatic heterocycles. The van der Waals surface area contributed by atoms with Crippen LogP contribution in [0.25, 0.3) is 10.9 Å². The van der Waals surface area contributed by atoms with E-state index < -0.39 is 10.0 Å². The maximum absolute atomic E-state index is 14.1. The molecule has 0 saturated carbocycles. The van der Waals surface area contributed by atoms with Gasteiger partial charge in [0.2, 0.25) is 10.0 Å². The number of aromatic nitrogens is 2. The van der Waals surface area contributed by atoms with Crippen LogP contribution in [0, 0.1) is 0 Å². The van der Waals surface area contributed by atoms with Crippen molar-refractivity contribution in [3.63, 3.8) is 0 Å². The van der Waals surface area contributed by atoms with Crippen molar-refractivity contribution in [2.75, 3.05) is 6.61 Å². The summed E-state index contributed by atoms with van der Waals surface area (Å²) in [4.78, 5) is 9.01. The fourth-order valence-electron chi connectivity index (χ4n) is 4.16. The molecule has 6 nitrogen and oxygen atoms in total. The minimum absolute atomic E-state index is 0.208. The van der Waals surface area contributed by atoms with Crippen LogP contribution < -0.4 is 0 Å². The van der Waals surface area contributed by atoms with Crippen molar-refractivity contribution < 1.29 is 13.2 Å². The largest absolute Gasteiger partial charge is 0.373 e. The lowest BCUT2D eigenvalue weighted by Gasteiger charge is -2.33. The van der Waals surface area contributed by atoms with Gasteiger partial charge in [0.05, 0.1) is 30.5 Å². The molecule has 0 saturated heterocycles. The first-order valence-electron chi connectivity index (χ1n) is 10.5. The molecule has 0 unspecified atom stereocenters. The number of fused-ring (bicyclic) bond motifs is 2. The predicted molar refractivity (Wildman–Crippen MR) is 122 cm³/mol. The van der Waals surface area contributed by atoms with Crippen LogP contribution in [0.3, 0.4) is 0 Å². The Morgan fingerprint density at radius 2 is 1.69 bits per heavy atom. The molecule has 7 heteroatoms. The number of rotatable bonds is 4. The van der Waals surface area contributed by atoms with Gasteiger partial charge in [-0.1, -0.05) is 54.6 Å². The molecule has 3 heterocycles. The standard InChI is InChI=1S/C25H23N3O3S/c29-32(30,24-12-4-9-20-10-5-14-27-25(20)24)28-16-21-11-6-13-26-23(21)18-31-17-22(28)15-19-7-2-1-3-8-19/h1-14,22H,15-18H2/t22-/m1/s1. The maximum Gasteiger partial charge on any atom is 0.245 e. The molecule has 1 aliphatic heterocycles. The molecule has 2 aromatic carbocycles. The molecule has 1 aliphatic rings. The summed E-state index contributed by atoms with van der Waals surface area (Å²) in [6, 6.07) is 22.2. The van der Waals surface area contributed by atoms with E-state index in [2.05, 4.69) is 9.97 Å². The summed E-state index contributed by atoms with van der Waals surface area (Å²) >= 11 is 0. The number of hydrogen-bond donors (Lipinski definition) is 0. The lowest BCUT2D eigenvalue weighted by atomic mass is 10.1. The highest BCUT2D eigenvalue weighted by atomic mass is 32.2. The highest BCUT2D eigenvalue weighted by molar-refractivity contribution is 7.89. The van der Waals surface area contributed by atoms with E-state index in [0.717, 1.165) is 22.2 Å². The zero-order chi connectivity index (χ0) is 22.0. The van der Waals surface area contributed by atoms with Crippen molar-refractivity contribution in [3.8, 4) is 0 Å². The summed E-state index contributed by atoms with van der Waals surface area (Å²) < 4.78 is 35.7. The van der Waals surface area contributed by atoms with E-state index in [1.54, 1.807) is 28.8 Å². The van der Waals surface area contributed by atoms with Crippen LogP contribution in [0.4, 0.5) is 0 Å². The average Bonchev–Trinajstić information content (AvgIpc) is 2.81. The molecule has 32 heavy (non-hydrogen) atoms. The number of benzene rings is 2. The Kier molecular flexibility index (Phi) is 5.70. The summed E-state index contributed by atoms with van der Waals surface area (Å²) in [5, 5.41) is 0.790. The number of sulfonamides is 1. The normalized spacial score (nSPS) is 17.4. The molecule has 0 amide bonds. The Hall–Kier alpha value is -3.13. The summed E-state index contributed by atoms with van der Waals surface area (Å²) in [7, 11) is -3.88. The zero-order valence-electron chi connectivity index (χ0n) is 17.5. The third-order valence-electron chi connectivity index (χ3n) is 5.76. The van der Waals surface area contributed by atoms with Crippen molar-refractivity contribution in [1.82, 2.24) is 14.3 Å². The van der Waals surface area contributed by atoms with E-state index in [-0.39, 0.29) is 24.1 Å². The number of hydrogen-bond acceptors (Lipinski definition) is 5. The molecule has 0 fully saturated rings. The smallest absolute Gasteiger partial charge is 0.245 e. The average molecular weight is 446 g/mol. The Morgan fingerprint density at radius 3 is 2.56 bits per heavy atom. The Labute approximate surface area is 187 Å². The third-order valence-corrected chi connectivity index (χ3v) is 7.69. The SMILES string of the molecule is O=S(=O)(c1cccc2cccnc12)N1Cc2cccnc2COC[C@H]1Cc1ccccc1.